The van der Waals surface area contributed by atoms with Crippen molar-refractivity contribution in [2.24, 2.45) is 30.7 Å². The Morgan fingerprint density at radius 2 is 0.925 bits per heavy atom. The number of anilines is 2. The van der Waals surface area contributed by atoms with Gasteiger partial charge in [-0.2, -0.15) is 10.2 Å². The van der Waals surface area contributed by atoms with Gasteiger partial charge in [0.25, 0.3) is 0 Å². The van der Waals surface area contributed by atoms with E-state index >= 15 is 0 Å². The summed E-state index contributed by atoms with van der Waals surface area (Å²) >= 11 is 0. The van der Waals surface area contributed by atoms with Crippen LogP contribution >= 0.6 is 0 Å². The first-order valence-electron chi connectivity index (χ1n) is 14.4. The average Bonchev–Trinajstić information content (AvgIpc) is 3.06. The van der Waals surface area contributed by atoms with Crippen LogP contribution in [0, 0.1) is 0 Å². The quantitative estimate of drug-likeness (QED) is 0.0900. The van der Waals surface area contributed by atoms with Gasteiger partial charge in [0.2, 0.25) is 20.0 Å². The van der Waals surface area contributed by atoms with E-state index in [4.69, 9.17) is 10.3 Å². The minimum absolute atomic E-state index is 0. The molecular weight excluding hydrogens is 779 g/mol. The van der Waals surface area contributed by atoms with Crippen molar-refractivity contribution in [1.82, 2.24) is 0 Å². The van der Waals surface area contributed by atoms with Crippen molar-refractivity contribution in [3.05, 3.63) is 120 Å². The molecule has 278 valence electrons. The van der Waals surface area contributed by atoms with E-state index in [0.29, 0.717) is 11.4 Å². The molecule has 6 N–H and O–H groups in total. The fourth-order valence-corrected chi connectivity index (χ4v) is 4.75. The zero-order valence-electron chi connectivity index (χ0n) is 28.4. The molecule has 0 saturated heterocycles. The van der Waals surface area contributed by atoms with Crippen molar-refractivity contribution in [1.29, 1.82) is 0 Å². The summed E-state index contributed by atoms with van der Waals surface area (Å²) in [5, 5.41) is 76.9. The maximum absolute atomic E-state index is 12.2. The number of ketones is 2. The summed E-state index contributed by atoms with van der Waals surface area (Å²) in [5.74, 6) is -4.29. The van der Waals surface area contributed by atoms with E-state index in [1.165, 1.54) is 0 Å². The van der Waals surface area contributed by atoms with Crippen molar-refractivity contribution in [3.8, 4) is 11.5 Å². The van der Waals surface area contributed by atoms with E-state index in [2.05, 4.69) is 31.1 Å². The number of primary sulfonamides is 2. The monoisotopic (exact) mass is 808 g/mol. The van der Waals surface area contributed by atoms with Gasteiger partial charge < -0.3 is 31.1 Å². The summed E-state index contributed by atoms with van der Waals surface area (Å²) in [4.78, 5) is 22.6. The molecule has 0 heterocycles. The predicted octanol–water partition coefficient (Wildman–Crippen LogP) is 1.55. The van der Waals surface area contributed by atoms with Crippen LogP contribution in [0.4, 0.5) is 22.7 Å². The molecule has 21 heteroatoms. The second kappa shape index (κ2) is 19.0. The summed E-state index contributed by atoms with van der Waals surface area (Å²) in [5.41, 5.74) is -0.964. The van der Waals surface area contributed by atoms with Crippen molar-refractivity contribution < 1.29 is 65.1 Å². The molecule has 18 nitrogen and oxygen atoms in total. The number of Topliss-reactive ketones (excluding diaryl/α,β-unsaturated/α-hetero) is 2. The number of para-hydroxylation sites is 2. The topological polar surface area (TPSA) is 320 Å². The third kappa shape index (κ3) is 13.3. The molecule has 0 unspecified atom stereocenters. The van der Waals surface area contributed by atoms with Crippen LogP contribution in [0.2, 0.25) is 0 Å². The summed E-state index contributed by atoms with van der Waals surface area (Å²) in [6.45, 7) is 2.22. The second-order valence-electron chi connectivity index (χ2n) is 10.2. The molecule has 0 aliphatic rings. The Hall–Kier alpha value is -5.97. The zero-order chi connectivity index (χ0) is 38.6. The van der Waals surface area contributed by atoms with Gasteiger partial charge in [-0.1, -0.05) is 60.0 Å². The minimum Gasteiger partial charge on any atom is -0.871 e. The molecule has 0 bridgehead atoms. The van der Waals surface area contributed by atoms with Gasteiger partial charge >= 0.3 is 18.2 Å². The molecule has 4 aromatic rings. The van der Waals surface area contributed by atoms with E-state index < -0.39 is 66.3 Å². The van der Waals surface area contributed by atoms with Gasteiger partial charge in [0, 0.05) is 25.2 Å². The summed E-state index contributed by atoms with van der Waals surface area (Å²) in [7, 11) is -8.10. The molecule has 4 aromatic carbocycles. The Labute approximate surface area is 315 Å². The van der Waals surface area contributed by atoms with Gasteiger partial charge in [-0.3, -0.25) is 9.59 Å². The molecule has 0 fully saturated rings. The summed E-state index contributed by atoms with van der Waals surface area (Å²) < 4.78 is 45.3. The normalized spacial score (nSPS) is 12.5. The Morgan fingerprint density at radius 3 is 1.21 bits per heavy atom. The van der Waals surface area contributed by atoms with E-state index in [1.54, 1.807) is 60.7 Å². The van der Waals surface area contributed by atoms with Gasteiger partial charge in [-0.15, -0.1) is 10.2 Å². The van der Waals surface area contributed by atoms with Gasteiger partial charge in [0.05, 0.1) is 21.2 Å². The standard InChI is InChI=1S/2C16H16N4O5S.Co/c2*1-10(21)15(16(23)18-11-5-3-2-4-6-11)20-19-13-9-12(26(17,24)25)7-8-14(13)22;/h2*2-9,18,22-23H,1H3,(H2,17,24,25);/q;;+3/p-3/b2*16-15+,20-19?;. The number of hydrogen-bond acceptors (Lipinski definition) is 16. The Bertz CT molecular complexity index is 2150. The SMILES string of the molecule is CC(=O)/C(N=Nc1cc(S(N)(=O)=O)ccc1[O-])=C(\[O-])Nc1ccccc1.CC(=O)/C(N=Nc1cc(S(N)(=O)=O)ccc1[O-])=C(\[O-])Nc1ccccc1.[Co+3].[H+]. The van der Waals surface area contributed by atoms with Crippen LogP contribution in [0.25, 0.3) is 0 Å². The number of hydrogen-bond donors (Lipinski definition) is 4. The third-order valence-corrected chi connectivity index (χ3v) is 8.02. The maximum Gasteiger partial charge on any atom is 3.00 e. The van der Waals surface area contributed by atoms with Gasteiger partial charge in [-0.05, 0) is 60.3 Å². The van der Waals surface area contributed by atoms with Crippen LogP contribution in [0.3, 0.4) is 0 Å². The van der Waals surface area contributed by atoms with Crippen LogP contribution in [0.1, 0.15) is 15.3 Å². The van der Waals surface area contributed by atoms with Gasteiger partial charge in [-0.25, -0.2) is 27.1 Å². The van der Waals surface area contributed by atoms with Crippen LogP contribution in [-0.4, -0.2) is 28.4 Å². The first-order valence-corrected chi connectivity index (χ1v) is 17.5. The molecule has 4 rings (SSSR count). The molecule has 0 aliphatic heterocycles. The molecule has 0 radical (unpaired) electrons. The number of nitrogens with two attached hydrogens (primary N) is 2. The van der Waals surface area contributed by atoms with Crippen LogP contribution in [0.5, 0.6) is 11.5 Å². The molecule has 0 spiro atoms. The molecule has 53 heavy (non-hydrogen) atoms. The van der Waals surface area contributed by atoms with E-state index in [9.17, 15) is 46.9 Å². The number of allylic oxidation sites excluding steroid dienone is 2. The van der Waals surface area contributed by atoms with Crippen LogP contribution in [0.15, 0.2) is 150 Å². The van der Waals surface area contributed by atoms with Gasteiger partial charge in [0.1, 0.15) is 11.4 Å². The molecule has 0 amide bonds. The van der Waals surface area contributed by atoms with Crippen molar-refractivity contribution in [3.63, 3.8) is 0 Å². The number of nitrogens with one attached hydrogen (secondary N) is 2. The number of carbonyl (C=O) groups excluding carboxylic acids is 2. The molecule has 0 atom stereocenters. The predicted molar refractivity (Wildman–Crippen MR) is 180 cm³/mol. The average molecular weight is 809 g/mol. The molecular formula is C32H29CoN8O10S2. The maximum atomic E-state index is 12.2. The Balaban J connectivity index is 0.000000521. The summed E-state index contributed by atoms with van der Waals surface area (Å²) in [6.07, 6.45) is 0. The van der Waals surface area contributed by atoms with Crippen molar-refractivity contribution in [2.75, 3.05) is 10.6 Å². The fourth-order valence-electron chi connectivity index (χ4n) is 3.69. The first-order chi connectivity index (χ1) is 24.4. The second-order valence-corrected chi connectivity index (χ2v) is 13.3. The van der Waals surface area contributed by atoms with Crippen LogP contribution in [-0.2, 0) is 46.4 Å². The third-order valence-electron chi connectivity index (χ3n) is 6.19. The smallest absolute Gasteiger partial charge is 0.871 e. The van der Waals surface area contributed by atoms with E-state index in [-0.39, 0.29) is 39.4 Å². The Morgan fingerprint density at radius 1 is 0.604 bits per heavy atom. The largest absolute Gasteiger partial charge is 3.00 e. The first kappa shape index (κ1) is 43.2. The number of azo groups is 2. The van der Waals surface area contributed by atoms with Crippen molar-refractivity contribution >= 4 is 54.4 Å². The van der Waals surface area contributed by atoms with E-state index in [0.717, 1.165) is 50.2 Å². The molecule has 0 aromatic heterocycles. The number of sulfonamides is 2. The minimum atomic E-state index is -4.05. The van der Waals surface area contributed by atoms with E-state index in [1.807, 2.05) is 0 Å². The fraction of sp³-hybridized carbons (Fsp3) is 0.0625. The zero-order valence-corrected chi connectivity index (χ0v) is 30.1. The molecule has 0 saturated carbocycles. The number of rotatable bonds is 12. The Kier molecular flexibility index (Phi) is 15.5. The van der Waals surface area contributed by atoms with Crippen LogP contribution < -0.4 is 41.3 Å². The number of nitrogens with zero attached hydrogens (tertiary/aromatic N) is 4. The molecule has 0 aliphatic carbocycles. The number of benzene rings is 4. The van der Waals surface area contributed by atoms with Gasteiger partial charge in [0.15, 0.2) is 11.6 Å². The van der Waals surface area contributed by atoms with Crippen molar-refractivity contribution in [2.45, 2.75) is 23.6 Å². The summed E-state index contributed by atoms with van der Waals surface area (Å²) in [6, 6.07) is 22.5. The number of carbonyl (C=O) groups is 2.